The van der Waals surface area contributed by atoms with Crippen LogP contribution in [-0.2, 0) is 14.4 Å². The first-order valence-electron chi connectivity index (χ1n) is 9.02. The number of fused-ring (bicyclic) bond motifs is 2. The summed E-state index contributed by atoms with van der Waals surface area (Å²) in [7, 11) is 1.62. The van der Waals surface area contributed by atoms with Crippen LogP contribution in [0.2, 0.25) is 0 Å². The van der Waals surface area contributed by atoms with Gasteiger partial charge in [-0.05, 0) is 25.1 Å². The third-order valence-electron chi connectivity index (χ3n) is 5.16. The molecule has 1 spiro atoms. The van der Waals surface area contributed by atoms with Gasteiger partial charge in [0.15, 0.2) is 4.87 Å². The minimum absolute atomic E-state index is 0.0521. The van der Waals surface area contributed by atoms with Gasteiger partial charge in [-0.25, -0.2) is 0 Å². The highest BCUT2D eigenvalue weighted by molar-refractivity contribution is 8.01. The second-order valence-corrected chi connectivity index (χ2v) is 8.07. The molecule has 0 N–H and O–H groups in total. The van der Waals surface area contributed by atoms with Gasteiger partial charge in [0.05, 0.1) is 12.3 Å². The molecule has 0 bridgehead atoms. The minimum Gasteiger partial charge on any atom is -0.383 e. The zero-order valence-electron chi connectivity index (χ0n) is 15.5. The number of hydrogen-bond donors (Lipinski definition) is 0. The Morgan fingerprint density at radius 1 is 1.19 bits per heavy atom. The van der Waals surface area contributed by atoms with Crippen LogP contribution < -0.4 is 4.90 Å². The summed E-state index contributed by atoms with van der Waals surface area (Å²) in [4.78, 5) is 29.4. The van der Waals surface area contributed by atoms with Crippen molar-refractivity contribution >= 4 is 29.3 Å². The van der Waals surface area contributed by atoms with Crippen LogP contribution in [0.1, 0.15) is 21.5 Å². The van der Waals surface area contributed by atoms with E-state index in [-0.39, 0.29) is 11.8 Å². The molecule has 2 aliphatic heterocycles. The molecule has 5 nitrogen and oxygen atoms in total. The number of para-hydroxylation sites is 1. The van der Waals surface area contributed by atoms with Gasteiger partial charge >= 0.3 is 0 Å². The maximum atomic E-state index is 13.5. The Kier molecular flexibility index (Phi) is 4.70. The van der Waals surface area contributed by atoms with Crippen LogP contribution in [-0.4, -0.2) is 49.3 Å². The maximum absolute atomic E-state index is 13.5. The number of methoxy groups -OCH3 is 1. The van der Waals surface area contributed by atoms with Gasteiger partial charge in [0.25, 0.3) is 11.8 Å². The lowest BCUT2D eigenvalue weighted by Gasteiger charge is -2.33. The molecule has 0 saturated carbocycles. The average Bonchev–Trinajstić information content (AvgIpc) is 3.23. The Morgan fingerprint density at radius 2 is 1.93 bits per heavy atom. The molecule has 2 heterocycles. The normalized spacial score (nSPS) is 21.2. The fraction of sp³-hybridized carbons (Fsp3) is 0.333. The van der Waals surface area contributed by atoms with Crippen molar-refractivity contribution in [1.29, 1.82) is 0 Å². The first-order valence-corrected chi connectivity index (χ1v) is 10.0. The molecule has 2 aromatic carbocycles. The number of carbonyl (C=O) groups excluding carboxylic acids is 2. The smallest absolute Gasteiger partial charge is 0.268 e. The van der Waals surface area contributed by atoms with Gasteiger partial charge in [-0.2, -0.15) is 0 Å². The summed E-state index contributed by atoms with van der Waals surface area (Å²) in [6.07, 6.45) is 0. The van der Waals surface area contributed by atoms with Gasteiger partial charge in [0.2, 0.25) is 0 Å². The number of hydrogen-bond acceptors (Lipinski definition) is 4. The van der Waals surface area contributed by atoms with Crippen molar-refractivity contribution in [2.75, 3.05) is 37.5 Å². The van der Waals surface area contributed by atoms with Gasteiger partial charge in [0.1, 0.15) is 0 Å². The van der Waals surface area contributed by atoms with Crippen molar-refractivity contribution in [2.45, 2.75) is 11.8 Å². The fourth-order valence-corrected chi connectivity index (χ4v) is 5.29. The molecule has 2 aliphatic rings. The van der Waals surface area contributed by atoms with E-state index in [1.807, 2.05) is 55.5 Å². The quantitative estimate of drug-likeness (QED) is 0.816. The third kappa shape index (κ3) is 2.75. The van der Waals surface area contributed by atoms with Crippen LogP contribution in [0.4, 0.5) is 5.69 Å². The van der Waals surface area contributed by atoms with Crippen LogP contribution in [0, 0.1) is 6.92 Å². The summed E-state index contributed by atoms with van der Waals surface area (Å²) in [5, 5.41) is 0. The monoisotopic (exact) mass is 382 g/mol. The number of ether oxygens (including phenoxy) is 1. The first-order chi connectivity index (χ1) is 13.1. The van der Waals surface area contributed by atoms with Crippen LogP contribution in [0.3, 0.4) is 0 Å². The summed E-state index contributed by atoms with van der Waals surface area (Å²) in [5.41, 5.74) is 3.48. The highest BCUT2D eigenvalue weighted by atomic mass is 32.2. The molecule has 27 heavy (non-hydrogen) atoms. The highest BCUT2D eigenvalue weighted by Crippen LogP contribution is 2.54. The topological polar surface area (TPSA) is 49.9 Å². The molecule has 1 fully saturated rings. The van der Waals surface area contributed by atoms with Crippen LogP contribution >= 0.6 is 11.8 Å². The van der Waals surface area contributed by atoms with Crippen LogP contribution in [0.15, 0.2) is 48.5 Å². The standard InChI is InChI=1S/C21H22N2O3S/c1-15-7-9-16(10-8-15)19(24)23-12-14-27-21(23)17-5-3-4-6-18(17)22(20(21)25)11-13-26-2/h3-10H,11-14H2,1-2H3/t21-/m1/s1. The molecule has 0 aromatic heterocycles. The lowest BCUT2D eigenvalue weighted by molar-refractivity contribution is -0.123. The molecule has 0 unspecified atom stereocenters. The first kappa shape index (κ1) is 18.1. The molecular formula is C21H22N2O3S. The van der Waals surface area contributed by atoms with Crippen molar-refractivity contribution in [2.24, 2.45) is 0 Å². The van der Waals surface area contributed by atoms with E-state index in [2.05, 4.69) is 0 Å². The molecule has 140 valence electrons. The van der Waals surface area contributed by atoms with Gasteiger partial charge in [0, 0.05) is 37.1 Å². The van der Waals surface area contributed by atoms with Crippen molar-refractivity contribution in [3.05, 3.63) is 65.2 Å². The van der Waals surface area contributed by atoms with Crippen molar-refractivity contribution in [1.82, 2.24) is 4.90 Å². The minimum atomic E-state index is -0.980. The molecule has 6 heteroatoms. The van der Waals surface area contributed by atoms with E-state index in [0.717, 1.165) is 22.6 Å². The summed E-state index contributed by atoms with van der Waals surface area (Å²) in [6, 6.07) is 15.3. The van der Waals surface area contributed by atoms with Gasteiger partial charge in [-0.15, -0.1) is 11.8 Å². The Morgan fingerprint density at radius 3 is 2.67 bits per heavy atom. The van der Waals surface area contributed by atoms with E-state index in [9.17, 15) is 9.59 Å². The maximum Gasteiger partial charge on any atom is 0.268 e. The van der Waals surface area contributed by atoms with Crippen molar-refractivity contribution in [3.63, 3.8) is 0 Å². The Hall–Kier alpha value is -2.31. The van der Waals surface area contributed by atoms with Crippen molar-refractivity contribution in [3.8, 4) is 0 Å². The molecular weight excluding hydrogens is 360 g/mol. The SMILES string of the molecule is COCCN1C(=O)[C@]2(SCCN2C(=O)c2ccc(C)cc2)c2ccccc21. The van der Waals surface area contributed by atoms with Gasteiger partial charge in [-0.3, -0.25) is 9.59 Å². The number of nitrogens with zero attached hydrogens (tertiary/aromatic N) is 2. The number of carbonyl (C=O) groups is 2. The summed E-state index contributed by atoms with van der Waals surface area (Å²) in [6.45, 7) is 3.47. The number of rotatable bonds is 4. The second-order valence-electron chi connectivity index (χ2n) is 6.78. The zero-order valence-corrected chi connectivity index (χ0v) is 16.3. The summed E-state index contributed by atoms with van der Waals surface area (Å²) in [5.74, 6) is 0.580. The average molecular weight is 382 g/mol. The van der Waals surface area contributed by atoms with Gasteiger partial charge in [-0.1, -0.05) is 35.9 Å². The van der Waals surface area contributed by atoms with E-state index in [4.69, 9.17) is 4.74 Å². The molecule has 4 rings (SSSR count). The van der Waals surface area contributed by atoms with E-state index in [0.29, 0.717) is 25.3 Å². The Balaban J connectivity index is 1.77. The zero-order chi connectivity index (χ0) is 19.0. The molecule has 1 saturated heterocycles. The number of thioether (sulfide) groups is 1. The Labute approximate surface area is 163 Å². The van der Waals surface area contributed by atoms with Crippen LogP contribution in [0.5, 0.6) is 0 Å². The molecule has 2 amide bonds. The number of benzene rings is 2. The lowest BCUT2D eigenvalue weighted by Crippen LogP contribution is -2.50. The molecule has 0 aliphatic carbocycles. The summed E-state index contributed by atoms with van der Waals surface area (Å²) < 4.78 is 5.19. The predicted octanol–water partition coefficient (Wildman–Crippen LogP) is 3.03. The highest BCUT2D eigenvalue weighted by Gasteiger charge is 2.59. The third-order valence-corrected chi connectivity index (χ3v) is 6.58. The molecule has 2 aromatic rings. The van der Waals surface area contributed by atoms with Crippen LogP contribution in [0.25, 0.3) is 0 Å². The predicted molar refractivity (Wildman–Crippen MR) is 107 cm³/mol. The molecule has 0 radical (unpaired) electrons. The lowest BCUT2D eigenvalue weighted by atomic mass is 10.0. The fourth-order valence-electron chi connectivity index (χ4n) is 3.82. The number of amides is 2. The number of aryl methyl sites for hydroxylation is 1. The molecule has 1 atom stereocenters. The van der Waals surface area contributed by atoms with Crippen molar-refractivity contribution < 1.29 is 14.3 Å². The number of anilines is 1. The van der Waals surface area contributed by atoms with E-state index >= 15 is 0 Å². The van der Waals surface area contributed by atoms with Gasteiger partial charge < -0.3 is 14.5 Å². The largest absolute Gasteiger partial charge is 0.383 e. The second kappa shape index (κ2) is 7.02. The van der Waals surface area contributed by atoms with E-state index in [1.165, 1.54) is 0 Å². The Bertz CT molecular complexity index is 883. The van der Waals surface area contributed by atoms with E-state index < -0.39 is 4.87 Å². The summed E-state index contributed by atoms with van der Waals surface area (Å²) >= 11 is 1.55. The van der Waals surface area contributed by atoms with E-state index in [1.54, 1.807) is 28.7 Å².